The minimum Gasteiger partial charge on any atom is -0.506 e. The van der Waals surface area contributed by atoms with Crippen LogP contribution in [0.2, 0.25) is 0 Å². The lowest BCUT2D eigenvalue weighted by Gasteiger charge is -2.06. The van der Waals surface area contributed by atoms with Gasteiger partial charge in [-0.3, -0.25) is 0 Å². The van der Waals surface area contributed by atoms with E-state index in [4.69, 9.17) is 5.11 Å². The number of rotatable bonds is 2. The van der Waals surface area contributed by atoms with Crippen LogP contribution in [0.25, 0.3) is 0 Å². The maximum atomic E-state index is 9.05. The Hall–Kier alpha value is -0.700. The molecule has 0 amide bonds. The lowest BCUT2D eigenvalue weighted by molar-refractivity contribution is 0.471. The SMILES string of the molecule is Oc1ccc(SC2CCCC2)nc1. The minimum absolute atomic E-state index is 0.246. The van der Waals surface area contributed by atoms with Gasteiger partial charge in [0.1, 0.15) is 5.75 Å². The van der Waals surface area contributed by atoms with Crippen LogP contribution in [0.15, 0.2) is 23.4 Å². The van der Waals surface area contributed by atoms with Gasteiger partial charge in [-0.25, -0.2) is 4.98 Å². The highest BCUT2D eigenvalue weighted by atomic mass is 32.2. The lowest BCUT2D eigenvalue weighted by atomic mass is 10.4. The van der Waals surface area contributed by atoms with Crippen molar-refractivity contribution >= 4 is 11.8 Å². The van der Waals surface area contributed by atoms with Gasteiger partial charge in [-0.2, -0.15) is 0 Å². The molecule has 1 aliphatic rings. The molecule has 0 spiro atoms. The van der Waals surface area contributed by atoms with Crippen molar-refractivity contribution in [2.75, 3.05) is 0 Å². The van der Waals surface area contributed by atoms with E-state index in [1.165, 1.54) is 31.9 Å². The zero-order chi connectivity index (χ0) is 9.10. The second kappa shape index (κ2) is 4.01. The van der Waals surface area contributed by atoms with E-state index in [1.807, 2.05) is 17.8 Å². The van der Waals surface area contributed by atoms with Gasteiger partial charge in [0.05, 0.1) is 11.2 Å². The molecule has 1 aromatic heterocycles. The molecule has 3 heteroatoms. The number of hydrogen-bond acceptors (Lipinski definition) is 3. The molecule has 0 aliphatic heterocycles. The van der Waals surface area contributed by atoms with Gasteiger partial charge in [0, 0.05) is 5.25 Å². The fraction of sp³-hybridized carbons (Fsp3) is 0.500. The predicted octanol–water partition coefficient (Wildman–Crippen LogP) is 2.82. The fourth-order valence-corrected chi connectivity index (χ4v) is 2.79. The lowest BCUT2D eigenvalue weighted by Crippen LogP contribution is -1.93. The summed E-state index contributed by atoms with van der Waals surface area (Å²) >= 11 is 1.84. The van der Waals surface area contributed by atoms with Gasteiger partial charge >= 0.3 is 0 Å². The van der Waals surface area contributed by atoms with Crippen LogP contribution < -0.4 is 0 Å². The highest BCUT2D eigenvalue weighted by molar-refractivity contribution is 7.99. The zero-order valence-corrected chi connectivity index (χ0v) is 8.26. The molecule has 1 heterocycles. The van der Waals surface area contributed by atoms with Crippen LogP contribution in [0.1, 0.15) is 25.7 Å². The molecule has 1 aromatic rings. The molecule has 0 atom stereocenters. The monoisotopic (exact) mass is 195 g/mol. The molecule has 1 saturated carbocycles. The van der Waals surface area contributed by atoms with E-state index in [2.05, 4.69) is 4.98 Å². The van der Waals surface area contributed by atoms with E-state index in [1.54, 1.807) is 6.07 Å². The Morgan fingerprint density at radius 3 is 2.69 bits per heavy atom. The molecule has 0 radical (unpaired) electrons. The summed E-state index contributed by atoms with van der Waals surface area (Å²) in [5.74, 6) is 0.246. The van der Waals surface area contributed by atoms with Crippen LogP contribution in [0.4, 0.5) is 0 Å². The van der Waals surface area contributed by atoms with Crippen LogP contribution in [0.5, 0.6) is 5.75 Å². The van der Waals surface area contributed by atoms with E-state index in [0.29, 0.717) is 0 Å². The van der Waals surface area contributed by atoms with E-state index >= 15 is 0 Å². The summed E-state index contributed by atoms with van der Waals surface area (Å²) in [4.78, 5) is 4.15. The van der Waals surface area contributed by atoms with Gasteiger partial charge in [-0.05, 0) is 25.0 Å². The van der Waals surface area contributed by atoms with Gasteiger partial charge < -0.3 is 5.11 Å². The third-order valence-electron chi connectivity index (χ3n) is 2.31. The Kier molecular flexibility index (Phi) is 2.74. The zero-order valence-electron chi connectivity index (χ0n) is 7.44. The van der Waals surface area contributed by atoms with Crippen molar-refractivity contribution in [3.05, 3.63) is 18.3 Å². The van der Waals surface area contributed by atoms with Crippen LogP contribution in [-0.2, 0) is 0 Å². The molecule has 13 heavy (non-hydrogen) atoms. The number of thioether (sulfide) groups is 1. The first kappa shape index (κ1) is 8.88. The van der Waals surface area contributed by atoms with Gasteiger partial charge in [0.15, 0.2) is 0 Å². The van der Waals surface area contributed by atoms with Crippen molar-refractivity contribution in [2.45, 2.75) is 36.0 Å². The van der Waals surface area contributed by atoms with E-state index in [0.717, 1.165) is 10.3 Å². The largest absolute Gasteiger partial charge is 0.506 e. The summed E-state index contributed by atoms with van der Waals surface area (Å²) in [5, 5.41) is 10.8. The first-order valence-corrected chi connectivity index (χ1v) is 5.54. The quantitative estimate of drug-likeness (QED) is 0.787. The summed E-state index contributed by atoms with van der Waals surface area (Å²) in [7, 11) is 0. The molecular weight excluding hydrogens is 182 g/mol. The Labute approximate surface area is 82.4 Å². The summed E-state index contributed by atoms with van der Waals surface area (Å²) in [5.41, 5.74) is 0. The van der Waals surface area contributed by atoms with Gasteiger partial charge in [-0.15, -0.1) is 11.8 Å². The highest BCUT2D eigenvalue weighted by Crippen LogP contribution is 2.33. The average molecular weight is 195 g/mol. The Balaban J connectivity index is 1.97. The smallest absolute Gasteiger partial charge is 0.133 e. The second-order valence-corrected chi connectivity index (χ2v) is 4.70. The first-order chi connectivity index (χ1) is 6.34. The van der Waals surface area contributed by atoms with Crippen LogP contribution in [0.3, 0.4) is 0 Å². The van der Waals surface area contributed by atoms with Crippen molar-refractivity contribution in [1.82, 2.24) is 4.98 Å². The number of nitrogens with zero attached hydrogens (tertiary/aromatic N) is 1. The molecule has 2 rings (SSSR count). The molecule has 70 valence electrons. The predicted molar refractivity (Wildman–Crippen MR) is 54.0 cm³/mol. The number of aromatic nitrogens is 1. The minimum atomic E-state index is 0.246. The Morgan fingerprint density at radius 1 is 1.31 bits per heavy atom. The number of pyridine rings is 1. The standard InChI is InChI=1S/C10H13NOS/c12-8-5-6-10(11-7-8)13-9-3-1-2-4-9/h5-7,9,12H,1-4H2. The molecule has 1 N–H and O–H groups in total. The topological polar surface area (TPSA) is 33.1 Å². The van der Waals surface area contributed by atoms with Gasteiger partial charge in [0.2, 0.25) is 0 Å². The van der Waals surface area contributed by atoms with Crippen molar-refractivity contribution in [3.8, 4) is 5.75 Å². The summed E-state index contributed by atoms with van der Waals surface area (Å²) in [6.07, 6.45) is 6.85. The average Bonchev–Trinajstić information content (AvgIpc) is 2.62. The summed E-state index contributed by atoms with van der Waals surface area (Å²) in [6.45, 7) is 0. The Bertz CT molecular complexity index is 267. The maximum Gasteiger partial charge on any atom is 0.133 e. The highest BCUT2D eigenvalue weighted by Gasteiger charge is 2.16. The molecule has 0 saturated heterocycles. The molecule has 0 unspecified atom stereocenters. The third-order valence-corrected chi connectivity index (χ3v) is 3.60. The molecule has 2 nitrogen and oxygen atoms in total. The van der Waals surface area contributed by atoms with Gasteiger partial charge in [0.25, 0.3) is 0 Å². The number of hydrogen-bond donors (Lipinski definition) is 1. The van der Waals surface area contributed by atoms with Crippen molar-refractivity contribution in [3.63, 3.8) is 0 Å². The van der Waals surface area contributed by atoms with E-state index < -0.39 is 0 Å². The maximum absolute atomic E-state index is 9.05. The molecular formula is C10H13NOS. The fourth-order valence-electron chi connectivity index (χ4n) is 1.62. The normalized spacial score (nSPS) is 17.8. The molecule has 0 aromatic carbocycles. The number of aromatic hydroxyl groups is 1. The molecule has 0 bridgehead atoms. The van der Waals surface area contributed by atoms with Crippen molar-refractivity contribution in [1.29, 1.82) is 0 Å². The Morgan fingerprint density at radius 2 is 2.08 bits per heavy atom. The molecule has 1 fully saturated rings. The van der Waals surface area contributed by atoms with E-state index in [-0.39, 0.29) is 5.75 Å². The summed E-state index contributed by atoms with van der Waals surface area (Å²) in [6, 6.07) is 3.59. The van der Waals surface area contributed by atoms with Crippen LogP contribution in [0, 0.1) is 0 Å². The van der Waals surface area contributed by atoms with E-state index in [9.17, 15) is 0 Å². The van der Waals surface area contributed by atoms with Crippen molar-refractivity contribution < 1.29 is 5.11 Å². The first-order valence-electron chi connectivity index (χ1n) is 4.66. The third kappa shape index (κ3) is 2.37. The summed E-state index contributed by atoms with van der Waals surface area (Å²) < 4.78 is 0. The second-order valence-electron chi connectivity index (χ2n) is 3.38. The molecule has 1 aliphatic carbocycles. The van der Waals surface area contributed by atoms with Crippen molar-refractivity contribution in [2.24, 2.45) is 0 Å². The van der Waals surface area contributed by atoms with Crippen LogP contribution in [-0.4, -0.2) is 15.3 Å². The van der Waals surface area contributed by atoms with Gasteiger partial charge in [-0.1, -0.05) is 12.8 Å². The van der Waals surface area contributed by atoms with Crippen LogP contribution >= 0.6 is 11.8 Å².